The summed E-state index contributed by atoms with van der Waals surface area (Å²) in [6, 6.07) is 73.9. The van der Waals surface area contributed by atoms with Gasteiger partial charge in [0.2, 0.25) is 0 Å². The monoisotopic (exact) mass is 732 g/mol. The highest BCUT2D eigenvalue weighted by Gasteiger charge is 2.37. The van der Waals surface area contributed by atoms with Crippen molar-refractivity contribution >= 4 is 58.4 Å². The number of para-hydroxylation sites is 2. The van der Waals surface area contributed by atoms with Gasteiger partial charge in [0, 0.05) is 39.5 Å². The summed E-state index contributed by atoms with van der Waals surface area (Å²) >= 11 is 0. The number of nitrogens with zero attached hydrogens (tertiary/aromatic N) is 2. The summed E-state index contributed by atoms with van der Waals surface area (Å²) in [7, 11) is 0. The molecule has 0 N–H and O–H groups in total. The minimum absolute atomic E-state index is 0.223. The third kappa shape index (κ3) is 7.34. The van der Waals surface area contributed by atoms with Gasteiger partial charge in [0.1, 0.15) is 0 Å². The first kappa shape index (κ1) is 35.5. The van der Waals surface area contributed by atoms with E-state index in [-0.39, 0.29) is 5.41 Å². The summed E-state index contributed by atoms with van der Waals surface area (Å²) in [4.78, 5) is 4.73. The minimum Gasteiger partial charge on any atom is -0.310 e. The molecule has 2 nitrogen and oxygen atoms in total. The average Bonchev–Trinajstić information content (AvgIpc) is 3.49. The van der Waals surface area contributed by atoms with E-state index >= 15 is 0 Å². The van der Waals surface area contributed by atoms with Crippen LogP contribution in [0.3, 0.4) is 0 Å². The summed E-state index contributed by atoms with van der Waals surface area (Å²) in [5.41, 5.74) is 16.5. The lowest BCUT2D eigenvalue weighted by Crippen LogP contribution is -2.17. The second-order valence-electron chi connectivity index (χ2n) is 15.1. The van der Waals surface area contributed by atoms with Crippen molar-refractivity contribution in [2.45, 2.75) is 19.3 Å². The normalized spacial score (nSPS) is 12.7. The smallest absolute Gasteiger partial charge is 0.0465 e. The van der Waals surface area contributed by atoms with Crippen molar-refractivity contribution in [2.24, 2.45) is 0 Å². The van der Waals surface area contributed by atoms with Gasteiger partial charge in [-0.05, 0) is 117 Å². The molecule has 0 heterocycles. The molecular weight excluding hydrogens is 689 g/mol. The SMILES string of the molecule is CC1(C)c2cc(N(c3ccccc3)c3ccc(/C=C/c4ccccc4)cc3)ccc2-c2ccc(N(c3ccccc3)c3ccc(/C=C/c4ccccc4)cc3)cc21. The van der Waals surface area contributed by atoms with Gasteiger partial charge in [-0.3, -0.25) is 0 Å². The summed E-state index contributed by atoms with van der Waals surface area (Å²) in [6.07, 6.45) is 8.67. The largest absolute Gasteiger partial charge is 0.310 e. The first-order valence-corrected chi connectivity index (χ1v) is 19.7. The van der Waals surface area contributed by atoms with Crippen LogP contribution in [0.5, 0.6) is 0 Å². The van der Waals surface area contributed by atoms with E-state index in [0.717, 1.165) is 45.3 Å². The number of fused-ring (bicyclic) bond motifs is 3. The second-order valence-corrected chi connectivity index (χ2v) is 15.1. The Kier molecular flexibility index (Phi) is 9.68. The Labute approximate surface area is 337 Å². The molecule has 57 heavy (non-hydrogen) atoms. The van der Waals surface area contributed by atoms with E-state index in [1.165, 1.54) is 33.4 Å². The summed E-state index contributed by atoms with van der Waals surface area (Å²) in [5, 5.41) is 0. The first-order chi connectivity index (χ1) is 28.0. The summed E-state index contributed by atoms with van der Waals surface area (Å²) in [5.74, 6) is 0. The van der Waals surface area contributed by atoms with Crippen LogP contribution >= 0.6 is 0 Å². The van der Waals surface area contributed by atoms with Crippen LogP contribution in [-0.2, 0) is 5.41 Å². The minimum atomic E-state index is -0.223. The van der Waals surface area contributed by atoms with Gasteiger partial charge in [-0.1, -0.05) is 172 Å². The Morgan fingerprint density at radius 3 is 0.930 bits per heavy atom. The van der Waals surface area contributed by atoms with Gasteiger partial charge in [-0.25, -0.2) is 0 Å². The lowest BCUT2D eigenvalue weighted by molar-refractivity contribution is 0.660. The average molecular weight is 733 g/mol. The quantitative estimate of drug-likeness (QED) is 0.129. The Bertz CT molecular complexity index is 2470. The van der Waals surface area contributed by atoms with Crippen molar-refractivity contribution in [2.75, 3.05) is 9.80 Å². The van der Waals surface area contributed by atoms with Gasteiger partial charge in [0.25, 0.3) is 0 Å². The van der Waals surface area contributed by atoms with Gasteiger partial charge in [-0.2, -0.15) is 0 Å². The molecule has 0 aliphatic heterocycles. The highest BCUT2D eigenvalue weighted by molar-refractivity contribution is 5.88. The fourth-order valence-corrected chi connectivity index (χ4v) is 8.02. The van der Waals surface area contributed by atoms with Crippen LogP contribution in [0.2, 0.25) is 0 Å². The maximum Gasteiger partial charge on any atom is 0.0465 e. The van der Waals surface area contributed by atoms with Crippen LogP contribution in [0.15, 0.2) is 206 Å². The Hall–Kier alpha value is -7.16. The molecule has 0 amide bonds. The number of anilines is 6. The van der Waals surface area contributed by atoms with Gasteiger partial charge in [-0.15, -0.1) is 0 Å². The molecule has 1 aliphatic rings. The van der Waals surface area contributed by atoms with E-state index in [0.29, 0.717) is 0 Å². The van der Waals surface area contributed by atoms with Gasteiger partial charge < -0.3 is 9.80 Å². The summed E-state index contributed by atoms with van der Waals surface area (Å²) < 4.78 is 0. The van der Waals surface area contributed by atoms with Crippen molar-refractivity contribution in [3.8, 4) is 11.1 Å². The van der Waals surface area contributed by atoms with Crippen molar-refractivity contribution in [3.05, 3.63) is 240 Å². The van der Waals surface area contributed by atoms with E-state index in [4.69, 9.17) is 0 Å². The highest BCUT2D eigenvalue weighted by Crippen LogP contribution is 2.52. The van der Waals surface area contributed by atoms with Crippen LogP contribution in [0.4, 0.5) is 34.1 Å². The standard InChI is InChI=1S/C55H44N2/c1-55(2)53-39-49(56(45-19-11-5-12-20-45)47-31-27-43(28-32-47)25-23-41-15-7-3-8-16-41)35-37-51(53)52-38-36-50(40-54(52)55)57(46-21-13-6-14-22-46)48-33-29-44(30-34-48)26-24-42-17-9-4-10-18-42/h3-40H,1-2H3/b25-23+,26-24+. The molecule has 8 aromatic rings. The molecule has 0 bridgehead atoms. The van der Waals surface area contributed by atoms with Crippen molar-refractivity contribution in [3.63, 3.8) is 0 Å². The number of hydrogen-bond acceptors (Lipinski definition) is 2. The number of benzene rings is 8. The molecular formula is C55H44N2. The zero-order valence-corrected chi connectivity index (χ0v) is 32.3. The molecule has 9 rings (SSSR count). The third-order valence-corrected chi connectivity index (χ3v) is 11.0. The maximum atomic E-state index is 2.40. The van der Waals surface area contributed by atoms with Gasteiger partial charge in [0.15, 0.2) is 0 Å². The van der Waals surface area contributed by atoms with Crippen LogP contribution in [0.1, 0.15) is 47.2 Å². The molecule has 0 spiro atoms. The molecule has 8 aromatic carbocycles. The highest BCUT2D eigenvalue weighted by atomic mass is 15.1. The van der Waals surface area contributed by atoms with E-state index < -0.39 is 0 Å². The first-order valence-electron chi connectivity index (χ1n) is 19.7. The molecule has 0 unspecified atom stereocenters. The van der Waals surface area contributed by atoms with Gasteiger partial charge >= 0.3 is 0 Å². The van der Waals surface area contributed by atoms with Gasteiger partial charge in [0.05, 0.1) is 0 Å². The topological polar surface area (TPSA) is 6.48 Å². The Morgan fingerprint density at radius 1 is 0.298 bits per heavy atom. The maximum absolute atomic E-state index is 2.40. The predicted molar refractivity (Wildman–Crippen MR) is 244 cm³/mol. The number of rotatable bonds is 10. The van der Waals surface area contributed by atoms with Crippen molar-refractivity contribution in [1.29, 1.82) is 0 Å². The molecule has 0 aromatic heterocycles. The Morgan fingerprint density at radius 2 is 0.579 bits per heavy atom. The van der Waals surface area contributed by atoms with Crippen LogP contribution in [0.25, 0.3) is 35.4 Å². The summed E-state index contributed by atoms with van der Waals surface area (Å²) in [6.45, 7) is 4.74. The molecule has 0 atom stereocenters. The van der Waals surface area contributed by atoms with Crippen molar-refractivity contribution < 1.29 is 0 Å². The lowest BCUT2D eigenvalue weighted by atomic mass is 9.82. The fraction of sp³-hybridized carbons (Fsp3) is 0.0545. The van der Waals surface area contributed by atoms with Crippen LogP contribution in [0, 0.1) is 0 Å². The lowest BCUT2D eigenvalue weighted by Gasteiger charge is -2.29. The molecule has 0 saturated carbocycles. The zero-order chi connectivity index (χ0) is 38.6. The van der Waals surface area contributed by atoms with E-state index in [2.05, 4.69) is 242 Å². The second kappa shape index (κ2) is 15.5. The van der Waals surface area contributed by atoms with Crippen LogP contribution < -0.4 is 9.80 Å². The Balaban J connectivity index is 1.05. The fourth-order valence-electron chi connectivity index (χ4n) is 8.02. The molecule has 0 fully saturated rings. The van der Waals surface area contributed by atoms with E-state index in [1.54, 1.807) is 0 Å². The molecule has 2 heteroatoms. The molecule has 1 aliphatic carbocycles. The molecule has 274 valence electrons. The molecule has 0 saturated heterocycles. The zero-order valence-electron chi connectivity index (χ0n) is 32.3. The van der Waals surface area contributed by atoms with Crippen LogP contribution in [-0.4, -0.2) is 0 Å². The van der Waals surface area contributed by atoms with E-state index in [9.17, 15) is 0 Å². The third-order valence-electron chi connectivity index (χ3n) is 11.0. The van der Waals surface area contributed by atoms with Crippen molar-refractivity contribution in [1.82, 2.24) is 0 Å². The molecule has 0 radical (unpaired) electrons. The predicted octanol–water partition coefficient (Wildman–Crippen LogP) is 15.3. The van der Waals surface area contributed by atoms with E-state index in [1.807, 2.05) is 12.1 Å². The number of hydrogen-bond donors (Lipinski definition) is 0.